The second kappa shape index (κ2) is 9.95. The van der Waals surface area contributed by atoms with Crippen LogP contribution in [0.1, 0.15) is 76.2 Å². The lowest BCUT2D eigenvalue weighted by Crippen LogP contribution is -2.41. The third-order valence-corrected chi connectivity index (χ3v) is 13.1. The fourth-order valence-electron chi connectivity index (χ4n) is 8.25. The van der Waals surface area contributed by atoms with E-state index in [2.05, 4.69) is 36.0 Å². The monoisotopic (exact) mass is 618 g/mol. The maximum atomic E-state index is 14.8. The van der Waals surface area contributed by atoms with Crippen LogP contribution in [0.4, 0.5) is 8.78 Å². The van der Waals surface area contributed by atoms with Gasteiger partial charge >= 0.3 is 0 Å². The van der Waals surface area contributed by atoms with Crippen molar-refractivity contribution in [3.63, 3.8) is 0 Å². The SMILES string of the molecule is CCS(=O)(=O)CCn1cc(-c2cncc([C@@]34CC[C@@H](CC5(C)C(C)C5(C)C3)c3cc(-c5c(F)cccc5F)nnc34)n2)cn1. The number of benzene rings is 1. The van der Waals surface area contributed by atoms with Gasteiger partial charge in [0.2, 0.25) is 0 Å². The molecule has 8 nitrogen and oxygen atoms in total. The summed E-state index contributed by atoms with van der Waals surface area (Å²) in [5, 5.41) is 13.6. The zero-order chi connectivity index (χ0) is 31.1. The largest absolute Gasteiger partial charge is 0.271 e. The summed E-state index contributed by atoms with van der Waals surface area (Å²) < 4.78 is 55.3. The van der Waals surface area contributed by atoms with E-state index in [1.807, 2.05) is 12.3 Å². The number of sulfone groups is 1. The maximum Gasteiger partial charge on any atom is 0.151 e. The highest BCUT2D eigenvalue weighted by atomic mass is 32.2. The summed E-state index contributed by atoms with van der Waals surface area (Å²) in [6.45, 7) is 8.96. The number of hydrogen-bond acceptors (Lipinski definition) is 7. The quantitative estimate of drug-likeness (QED) is 0.246. The third kappa shape index (κ3) is 4.33. The van der Waals surface area contributed by atoms with E-state index < -0.39 is 26.9 Å². The topological polar surface area (TPSA) is 104 Å². The number of aromatic nitrogens is 6. The first-order valence-corrected chi connectivity index (χ1v) is 17.1. The molecule has 0 spiro atoms. The highest BCUT2D eigenvalue weighted by Gasteiger charge is 2.72. The molecule has 0 aliphatic heterocycles. The summed E-state index contributed by atoms with van der Waals surface area (Å²) in [5.74, 6) is -0.543. The highest BCUT2D eigenvalue weighted by molar-refractivity contribution is 7.91. The van der Waals surface area contributed by atoms with Gasteiger partial charge in [0.25, 0.3) is 0 Å². The van der Waals surface area contributed by atoms with Crippen LogP contribution in [0, 0.1) is 28.4 Å². The Morgan fingerprint density at radius 3 is 2.57 bits per heavy atom. The van der Waals surface area contributed by atoms with Crippen molar-refractivity contribution in [2.24, 2.45) is 16.7 Å². The van der Waals surface area contributed by atoms with Crippen LogP contribution in [0.3, 0.4) is 0 Å². The van der Waals surface area contributed by atoms with E-state index >= 15 is 0 Å². The molecule has 3 aromatic heterocycles. The Hall–Kier alpha value is -3.60. The molecule has 2 bridgehead atoms. The first kappa shape index (κ1) is 29.1. The van der Waals surface area contributed by atoms with Crippen LogP contribution in [0.5, 0.6) is 0 Å². The van der Waals surface area contributed by atoms with E-state index in [4.69, 9.17) is 10.1 Å². The van der Waals surface area contributed by atoms with Crippen molar-refractivity contribution in [3.8, 4) is 22.5 Å². The summed E-state index contributed by atoms with van der Waals surface area (Å²) in [6, 6.07) is 5.70. The molecular weight excluding hydrogens is 582 g/mol. The van der Waals surface area contributed by atoms with Gasteiger partial charge in [0.15, 0.2) is 9.84 Å². The number of halogens is 2. The first-order valence-electron chi connectivity index (χ1n) is 15.3. The van der Waals surface area contributed by atoms with Crippen LogP contribution in [0.25, 0.3) is 22.5 Å². The van der Waals surface area contributed by atoms with Crippen molar-refractivity contribution in [2.75, 3.05) is 11.5 Å². The van der Waals surface area contributed by atoms with Crippen LogP contribution in [0.15, 0.2) is 49.1 Å². The Kier molecular flexibility index (Phi) is 6.59. The van der Waals surface area contributed by atoms with Gasteiger partial charge in [-0.1, -0.05) is 33.8 Å². The predicted octanol–water partition coefficient (Wildman–Crippen LogP) is 6.13. The molecule has 3 unspecified atom stereocenters. The number of hydrogen-bond donors (Lipinski definition) is 0. The van der Waals surface area contributed by atoms with Crippen LogP contribution in [0.2, 0.25) is 0 Å². The normalized spacial score (nSPS) is 29.0. The molecule has 4 aromatic rings. The van der Waals surface area contributed by atoms with Crippen molar-refractivity contribution in [1.29, 1.82) is 0 Å². The van der Waals surface area contributed by atoms with Crippen molar-refractivity contribution < 1.29 is 17.2 Å². The lowest BCUT2D eigenvalue weighted by atomic mass is 9.58. The molecule has 230 valence electrons. The number of fused-ring (bicyclic) bond motifs is 1. The zero-order valence-corrected chi connectivity index (χ0v) is 26.2. The molecule has 3 heterocycles. The van der Waals surface area contributed by atoms with Gasteiger partial charge in [-0.2, -0.15) is 10.2 Å². The fourth-order valence-corrected chi connectivity index (χ4v) is 9.00. The summed E-state index contributed by atoms with van der Waals surface area (Å²) in [7, 11) is -3.12. The van der Waals surface area contributed by atoms with E-state index in [9.17, 15) is 17.2 Å². The minimum atomic E-state index is -3.12. The molecular formula is C33H36F2N6O2S. The van der Waals surface area contributed by atoms with E-state index in [1.54, 1.807) is 30.2 Å². The molecule has 8 rings (SSSR count). The Balaban J connectivity index is 1.34. The van der Waals surface area contributed by atoms with Gasteiger partial charge in [0.1, 0.15) is 11.6 Å². The predicted molar refractivity (Wildman–Crippen MR) is 162 cm³/mol. The molecule has 2 saturated carbocycles. The zero-order valence-electron chi connectivity index (χ0n) is 25.4. The van der Waals surface area contributed by atoms with Gasteiger partial charge in [0, 0.05) is 23.7 Å². The molecule has 0 radical (unpaired) electrons. The average Bonchev–Trinajstić information content (AvgIpc) is 3.32. The van der Waals surface area contributed by atoms with Crippen LogP contribution < -0.4 is 0 Å². The maximum absolute atomic E-state index is 14.8. The number of rotatable bonds is 7. The second-order valence-electron chi connectivity index (χ2n) is 13.4. The minimum absolute atomic E-state index is 0.0182. The standard InChI is InChI=1S/C33H36F2N6O2S/c1-5-44(42,43)12-11-41-18-22(15-37-41)27-16-36-17-28(38-27)33-10-9-21(14-31(3)20(2)32(31,4)19-33)23-13-26(39-40-30(23)33)29-24(34)7-6-8-25(29)35/h6-8,13,15-18,20-21H,5,9-12,14,19H2,1-4H3/t20?,21-,31?,32?,33+/m0/s1. The van der Waals surface area contributed by atoms with Gasteiger partial charge in [0.05, 0.1) is 58.4 Å². The van der Waals surface area contributed by atoms with E-state index in [-0.39, 0.29) is 46.1 Å². The Bertz CT molecular complexity index is 1880. The van der Waals surface area contributed by atoms with Crippen LogP contribution >= 0.6 is 0 Å². The Morgan fingerprint density at radius 2 is 1.82 bits per heavy atom. The van der Waals surface area contributed by atoms with Gasteiger partial charge < -0.3 is 0 Å². The molecule has 4 aliphatic rings. The van der Waals surface area contributed by atoms with E-state index in [0.29, 0.717) is 11.6 Å². The summed E-state index contributed by atoms with van der Waals surface area (Å²) in [5.41, 5.74) is 3.62. The lowest BCUT2D eigenvalue weighted by Gasteiger charge is -2.46. The second-order valence-corrected chi connectivity index (χ2v) is 15.9. The fraction of sp³-hybridized carbons (Fsp3) is 0.485. The molecule has 0 amide bonds. The third-order valence-electron chi connectivity index (χ3n) is 11.5. The van der Waals surface area contributed by atoms with Crippen molar-refractivity contribution in [1.82, 2.24) is 29.9 Å². The van der Waals surface area contributed by atoms with Gasteiger partial charge in [-0.15, -0.1) is 5.10 Å². The van der Waals surface area contributed by atoms with Crippen LogP contribution in [-0.2, 0) is 21.8 Å². The molecule has 0 saturated heterocycles. The molecule has 0 N–H and O–H groups in total. The van der Waals surface area contributed by atoms with Crippen molar-refractivity contribution in [2.45, 2.75) is 71.3 Å². The average molecular weight is 619 g/mol. The summed E-state index contributed by atoms with van der Waals surface area (Å²) in [4.78, 5) is 9.79. The lowest BCUT2D eigenvalue weighted by molar-refractivity contribution is 0.195. The van der Waals surface area contributed by atoms with Crippen molar-refractivity contribution >= 4 is 9.84 Å². The summed E-state index contributed by atoms with van der Waals surface area (Å²) in [6.07, 6.45) is 10.5. The molecule has 44 heavy (non-hydrogen) atoms. The van der Waals surface area contributed by atoms with Gasteiger partial charge in [-0.3, -0.25) is 9.67 Å². The van der Waals surface area contributed by atoms with E-state index in [1.165, 1.54) is 18.2 Å². The van der Waals surface area contributed by atoms with Gasteiger partial charge in [-0.25, -0.2) is 22.2 Å². The molecule has 4 aliphatic carbocycles. The minimum Gasteiger partial charge on any atom is -0.271 e. The number of nitrogens with zero attached hydrogens (tertiary/aromatic N) is 6. The summed E-state index contributed by atoms with van der Waals surface area (Å²) >= 11 is 0. The van der Waals surface area contributed by atoms with Crippen LogP contribution in [-0.4, -0.2) is 49.9 Å². The Morgan fingerprint density at radius 1 is 1.05 bits per heavy atom. The molecule has 2 fully saturated rings. The first-order chi connectivity index (χ1) is 20.9. The molecule has 11 heteroatoms. The van der Waals surface area contributed by atoms with E-state index in [0.717, 1.165) is 48.2 Å². The van der Waals surface area contributed by atoms with Crippen molar-refractivity contribution in [3.05, 3.63) is 77.6 Å². The van der Waals surface area contributed by atoms with Gasteiger partial charge in [-0.05, 0) is 72.1 Å². The Labute approximate surface area is 256 Å². The smallest absolute Gasteiger partial charge is 0.151 e. The highest BCUT2D eigenvalue weighted by Crippen LogP contribution is 2.78. The number of aryl methyl sites for hydroxylation is 1. The molecule has 5 atom stereocenters. The molecule has 1 aromatic carbocycles.